The van der Waals surface area contributed by atoms with E-state index in [0.29, 0.717) is 12.1 Å². The molecule has 0 spiro atoms. The first-order chi connectivity index (χ1) is 11.0. The first-order valence-electron chi connectivity index (χ1n) is 7.34. The van der Waals surface area contributed by atoms with Crippen LogP contribution in [0.2, 0.25) is 0 Å². The van der Waals surface area contributed by atoms with Gasteiger partial charge in [-0.3, -0.25) is 9.98 Å². The minimum absolute atomic E-state index is 0.415. The van der Waals surface area contributed by atoms with Gasteiger partial charge in [0.1, 0.15) is 0 Å². The minimum atomic E-state index is -4.34. The Morgan fingerprint density at radius 2 is 2.04 bits per heavy atom. The molecule has 1 aromatic carbocycles. The quantitative estimate of drug-likeness (QED) is 0.710. The summed E-state index contributed by atoms with van der Waals surface area (Å²) in [5, 5.41) is 0. The zero-order valence-electron chi connectivity index (χ0n) is 12.5. The van der Waals surface area contributed by atoms with Gasteiger partial charge in [-0.2, -0.15) is 13.2 Å². The molecule has 1 aliphatic rings. The molecule has 3 rings (SSSR count). The van der Waals surface area contributed by atoms with Crippen molar-refractivity contribution in [2.45, 2.75) is 30.8 Å². The van der Waals surface area contributed by atoms with Crippen LogP contribution in [0.4, 0.5) is 18.9 Å². The van der Waals surface area contributed by atoms with Gasteiger partial charge in [0.25, 0.3) is 0 Å². The normalized spacial score (nSPS) is 13.8. The molecule has 23 heavy (non-hydrogen) atoms. The Hall–Kier alpha value is -1.82. The Morgan fingerprint density at radius 1 is 1.22 bits per heavy atom. The van der Waals surface area contributed by atoms with Crippen LogP contribution in [0, 0.1) is 0 Å². The van der Waals surface area contributed by atoms with Crippen LogP contribution in [0.15, 0.2) is 46.5 Å². The van der Waals surface area contributed by atoms with Crippen LogP contribution < -0.4 is 0 Å². The molecule has 0 aliphatic carbocycles. The van der Waals surface area contributed by atoms with Gasteiger partial charge in [0.15, 0.2) is 0 Å². The Balaban J connectivity index is 1.94. The SMILES string of the molecule is CCCSc1cnccc1C1=Nc2cc(C(F)(F)F)ccc2C1. The van der Waals surface area contributed by atoms with Gasteiger partial charge >= 0.3 is 6.18 Å². The van der Waals surface area contributed by atoms with Crippen molar-refractivity contribution in [2.75, 3.05) is 5.75 Å². The second kappa shape index (κ2) is 6.35. The number of fused-ring (bicyclic) bond motifs is 1. The number of hydrogen-bond donors (Lipinski definition) is 0. The molecule has 2 aromatic rings. The van der Waals surface area contributed by atoms with Crippen LogP contribution in [0.3, 0.4) is 0 Å². The van der Waals surface area contributed by atoms with E-state index in [2.05, 4.69) is 16.9 Å². The predicted molar refractivity (Wildman–Crippen MR) is 86.6 cm³/mol. The number of thioether (sulfide) groups is 1. The van der Waals surface area contributed by atoms with Crippen LogP contribution >= 0.6 is 11.8 Å². The van der Waals surface area contributed by atoms with E-state index in [-0.39, 0.29) is 0 Å². The summed E-state index contributed by atoms with van der Waals surface area (Å²) >= 11 is 1.70. The number of benzene rings is 1. The Labute approximate surface area is 136 Å². The van der Waals surface area contributed by atoms with E-state index < -0.39 is 11.7 Å². The molecule has 0 fully saturated rings. The van der Waals surface area contributed by atoms with Crippen molar-refractivity contribution in [2.24, 2.45) is 4.99 Å². The fraction of sp³-hybridized carbons (Fsp3) is 0.294. The molecule has 2 nitrogen and oxygen atoms in total. The fourth-order valence-corrected chi connectivity index (χ4v) is 3.36. The molecular weight excluding hydrogens is 321 g/mol. The molecule has 2 heterocycles. The predicted octanol–water partition coefficient (Wildman–Crippen LogP) is 5.28. The molecule has 0 saturated heterocycles. The zero-order chi connectivity index (χ0) is 16.4. The Morgan fingerprint density at radius 3 is 2.78 bits per heavy atom. The zero-order valence-corrected chi connectivity index (χ0v) is 13.3. The van der Waals surface area contributed by atoms with Gasteiger partial charge in [-0.25, -0.2) is 0 Å². The van der Waals surface area contributed by atoms with Crippen LogP contribution in [0.5, 0.6) is 0 Å². The molecule has 0 radical (unpaired) electrons. The summed E-state index contributed by atoms with van der Waals surface area (Å²) in [7, 11) is 0. The number of halogens is 3. The minimum Gasteiger partial charge on any atom is -0.264 e. The van der Waals surface area contributed by atoms with E-state index in [1.807, 2.05) is 6.07 Å². The number of pyridine rings is 1. The highest BCUT2D eigenvalue weighted by atomic mass is 32.2. The van der Waals surface area contributed by atoms with Gasteiger partial charge < -0.3 is 0 Å². The first-order valence-corrected chi connectivity index (χ1v) is 8.32. The number of hydrogen-bond acceptors (Lipinski definition) is 3. The lowest BCUT2D eigenvalue weighted by Gasteiger charge is -2.07. The maximum absolute atomic E-state index is 12.8. The average Bonchev–Trinajstić information content (AvgIpc) is 2.95. The van der Waals surface area contributed by atoms with Crippen molar-refractivity contribution < 1.29 is 13.2 Å². The lowest BCUT2D eigenvalue weighted by atomic mass is 10.0. The molecule has 0 bridgehead atoms. The van der Waals surface area contributed by atoms with Crippen LogP contribution in [-0.2, 0) is 12.6 Å². The molecule has 0 amide bonds. The molecular formula is C17H15F3N2S. The highest BCUT2D eigenvalue weighted by Gasteiger charge is 2.32. The van der Waals surface area contributed by atoms with E-state index >= 15 is 0 Å². The highest BCUT2D eigenvalue weighted by Crippen LogP contribution is 2.37. The van der Waals surface area contributed by atoms with E-state index in [1.165, 1.54) is 6.07 Å². The third-order valence-electron chi connectivity index (χ3n) is 3.58. The second-order valence-corrected chi connectivity index (χ2v) is 6.43. The lowest BCUT2D eigenvalue weighted by molar-refractivity contribution is -0.137. The summed E-state index contributed by atoms with van der Waals surface area (Å²) in [6.45, 7) is 2.10. The van der Waals surface area contributed by atoms with Gasteiger partial charge in [-0.1, -0.05) is 13.0 Å². The van der Waals surface area contributed by atoms with Crippen LogP contribution in [0.1, 0.15) is 30.0 Å². The van der Waals surface area contributed by atoms with Crippen molar-refractivity contribution in [3.63, 3.8) is 0 Å². The monoisotopic (exact) mass is 336 g/mol. The second-order valence-electron chi connectivity index (χ2n) is 5.30. The number of rotatable bonds is 4. The van der Waals surface area contributed by atoms with Crippen LogP contribution in [0.25, 0.3) is 0 Å². The number of nitrogens with zero attached hydrogens (tertiary/aromatic N) is 2. The number of alkyl halides is 3. The molecule has 0 saturated carbocycles. The topological polar surface area (TPSA) is 25.2 Å². The first kappa shape index (κ1) is 16.1. The molecule has 120 valence electrons. The van der Waals surface area contributed by atoms with Gasteiger partial charge in [-0.15, -0.1) is 11.8 Å². The molecule has 0 N–H and O–H groups in total. The van der Waals surface area contributed by atoms with Crippen molar-refractivity contribution >= 4 is 23.2 Å². The molecule has 1 aromatic heterocycles. The lowest BCUT2D eigenvalue weighted by Crippen LogP contribution is -2.04. The van der Waals surface area contributed by atoms with Crippen molar-refractivity contribution in [1.82, 2.24) is 4.98 Å². The van der Waals surface area contributed by atoms with E-state index in [9.17, 15) is 13.2 Å². The number of aliphatic imine (C=N–C) groups is 1. The summed E-state index contributed by atoms with van der Waals surface area (Å²) in [6, 6.07) is 5.65. The van der Waals surface area contributed by atoms with Gasteiger partial charge in [0, 0.05) is 29.3 Å². The Kier molecular flexibility index (Phi) is 4.43. The maximum Gasteiger partial charge on any atom is 0.416 e. The largest absolute Gasteiger partial charge is 0.416 e. The fourth-order valence-electron chi connectivity index (χ4n) is 2.46. The third kappa shape index (κ3) is 3.42. The summed E-state index contributed by atoms with van der Waals surface area (Å²) < 4.78 is 38.5. The van der Waals surface area contributed by atoms with Crippen molar-refractivity contribution in [1.29, 1.82) is 0 Å². The number of aromatic nitrogens is 1. The average molecular weight is 336 g/mol. The highest BCUT2D eigenvalue weighted by molar-refractivity contribution is 7.99. The summed E-state index contributed by atoms with van der Waals surface area (Å²) in [5.41, 5.74) is 2.36. The summed E-state index contributed by atoms with van der Waals surface area (Å²) in [6.07, 6.45) is 0.740. The van der Waals surface area contributed by atoms with E-state index in [4.69, 9.17) is 0 Å². The summed E-state index contributed by atoms with van der Waals surface area (Å²) in [5.74, 6) is 0.969. The van der Waals surface area contributed by atoms with Crippen molar-refractivity contribution in [3.8, 4) is 0 Å². The third-order valence-corrected chi connectivity index (χ3v) is 4.83. The van der Waals surface area contributed by atoms with Crippen LogP contribution in [-0.4, -0.2) is 16.4 Å². The maximum atomic E-state index is 12.8. The standard InChI is InChI=1S/C17H15F3N2S/c1-2-7-23-16-10-21-6-5-13(16)15-8-11-3-4-12(17(18,19)20)9-14(11)22-15/h3-6,9-10H,2,7-8H2,1H3. The van der Waals surface area contributed by atoms with Crippen molar-refractivity contribution in [3.05, 3.63) is 53.3 Å². The smallest absolute Gasteiger partial charge is 0.264 e. The van der Waals surface area contributed by atoms with E-state index in [1.54, 1.807) is 24.2 Å². The van der Waals surface area contributed by atoms with Gasteiger partial charge in [0.2, 0.25) is 0 Å². The summed E-state index contributed by atoms with van der Waals surface area (Å²) in [4.78, 5) is 9.61. The molecule has 6 heteroatoms. The Bertz CT molecular complexity index is 754. The molecule has 0 atom stereocenters. The van der Waals surface area contributed by atoms with E-state index in [0.717, 1.165) is 46.0 Å². The van der Waals surface area contributed by atoms with Gasteiger partial charge in [0.05, 0.1) is 17.0 Å². The molecule has 1 aliphatic heterocycles. The molecule has 0 unspecified atom stereocenters. The van der Waals surface area contributed by atoms with Gasteiger partial charge in [-0.05, 0) is 35.9 Å².